The van der Waals surface area contributed by atoms with E-state index in [1.165, 1.54) is 22.6 Å². The molecule has 0 aliphatic carbocycles. The van der Waals surface area contributed by atoms with E-state index in [0.29, 0.717) is 19.1 Å². The minimum absolute atomic E-state index is 0.0746. The monoisotopic (exact) mass is 375 g/mol. The van der Waals surface area contributed by atoms with Gasteiger partial charge in [0.1, 0.15) is 0 Å². The number of rotatable bonds is 8. The Labute approximate surface area is 158 Å². The molecule has 2 heterocycles. The fourth-order valence-corrected chi connectivity index (χ4v) is 4.70. The van der Waals surface area contributed by atoms with E-state index in [1.807, 2.05) is 18.2 Å². The lowest BCUT2D eigenvalue weighted by molar-refractivity contribution is 0.223. The molecular weight excluding hydrogens is 350 g/mol. The van der Waals surface area contributed by atoms with Crippen molar-refractivity contribution >= 4 is 29.1 Å². The topological polar surface area (TPSA) is 44.4 Å². The van der Waals surface area contributed by atoms with Crippen LogP contribution in [0.15, 0.2) is 52.7 Å². The highest BCUT2D eigenvalue weighted by atomic mass is 32.2. The lowest BCUT2D eigenvalue weighted by Crippen LogP contribution is -2.42. The van der Waals surface area contributed by atoms with Gasteiger partial charge in [-0.05, 0) is 49.5 Å². The summed E-state index contributed by atoms with van der Waals surface area (Å²) in [7, 11) is 0. The molecule has 0 spiro atoms. The SMILES string of the molecule is O=C(NCCSc1ccccc1)NCC(c1cccs1)N1CCCC1. The molecule has 2 amide bonds. The van der Waals surface area contributed by atoms with Crippen molar-refractivity contribution < 1.29 is 4.79 Å². The molecular formula is C19H25N3OS2. The molecule has 1 aliphatic heterocycles. The van der Waals surface area contributed by atoms with E-state index >= 15 is 0 Å². The van der Waals surface area contributed by atoms with Gasteiger partial charge in [-0.2, -0.15) is 0 Å². The second-order valence-corrected chi connectivity index (χ2v) is 8.22. The number of urea groups is 1. The van der Waals surface area contributed by atoms with Crippen molar-refractivity contribution in [3.05, 3.63) is 52.7 Å². The van der Waals surface area contributed by atoms with E-state index in [-0.39, 0.29) is 6.03 Å². The zero-order chi connectivity index (χ0) is 17.3. The van der Waals surface area contributed by atoms with Gasteiger partial charge in [0, 0.05) is 28.6 Å². The number of amides is 2. The third-order valence-electron chi connectivity index (χ3n) is 4.31. The van der Waals surface area contributed by atoms with Crippen molar-refractivity contribution in [2.75, 3.05) is 31.9 Å². The van der Waals surface area contributed by atoms with Crippen LogP contribution in [-0.4, -0.2) is 42.9 Å². The summed E-state index contributed by atoms with van der Waals surface area (Å²) in [4.78, 5) is 17.1. The molecule has 1 saturated heterocycles. The molecule has 25 heavy (non-hydrogen) atoms. The fraction of sp³-hybridized carbons (Fsp3) is 0.421. The molecule has 1 atom stereocenters. The van der Waals surface area contributed by atoms with Gasteiger partial charge >= 0.3 is 6.03 Å². The number of hydrogen-bond donors (Lipinski definition) is 2. The van der Waals surface area contributed by atoms with E-state index < -0.39 is 0 Å². The summed E-state index contributed by atoms with van der Waals surface area (Å²) in [6, 6.07) is 14.7. The van der Waals surface area contributed by atoms with Crippen LogP contribution in [0.5, 0.6) is 0 Å². The number of hydrogen-bond acceptors (Lipinski definition) is 4. The Bertz CT molecular complexity index is 627. The fourth-order valence-electron chi connectivity index (χ4n) is 3.05. The van der Waals surface area contributed by atoms with Gasteiger partial charge in [-0.3, -0.25) is 4.90 Å². The van der Waals surface area contributed by atoms with E-state index in [4.69, 9.17) is 0 Å². The van der Waals surface area contributed by atoms with Crippen LogP contribution in [-0.2, 0) is 0 Å². The summed E-state index contributed by atoms with van der Waals surface area (Å²) < 4.78 is 0. The van der Waals surface area contributed by atoms with Gasteiger partial charge in [0.2, 0.25) is 0 Å². The van der Waals surface area contributed by atoms with Crippen molar-refractivity contribution in [2.24, 2.45) is 0 Å². The molecule has 1 aromatic heterocycles. The maximum Gasteiger partial charge on any atom is 0.314 e. The third-order valence-corrected chi connectivity index (χ3v) is 6.30. The standard InChI is InChI=1S/C19H25N3OS2/c23-19(20-10-14-24-16-7-2-1-3-8-16)21-15-17(18-9-6-13-25-18)22-11-4-5-12-22/h1-3,6-9,13,17H,4-5,10-12,14-15H2,(H2,20,21,23). The first kappa shape index (κ1) is 18.3. The Hall–Kier alpha value is -1.50. The minimum Gasteiger partial charge on any atom is -0.337 e. The second-order valence-electron chi connectivity index (χ2n) is 6.07. The van der Waals surface area contributed by atoms with Gasteiger partial charge in [-0.1, -0.05) is 24.3 Å². The number of carbonyl (C=O) groups is 1. The Morgan fingerprint density at radius 3 is 2.64 bits per heavy atom. The maximum atomic E-state index is 12.1. The third kappa shape index (κ3) is 5.76. The summed E-state index contributed by atoms with van der Waals surface area (Å²) in [5.41, 5.74) is 0. The average molecular weight is 376 g/mol. The van der Waals surface area contributed by atoms with Crippen LogP contribution < -0.4 is 10.6 Å². The van der Waals surface area contributed by atoms with Crippen LogP contribution in [0, 0.1) is 0 Å². The normalized spacial score (nSPS) is 15.8. The lowest BCUT2D eigenvalue weighted by atomic mass is 10.2. The number of benzene rings is 1. The number of carbonyl (C=O) groups excluding carboxylic acids is 1. The van der Waals surface area contributed by atoms with Crippen molar-refractivity contribution in [2.45, 2.75) is 23.8 Å². The highest BCUT2D eigenvalue weighted by molar-refractivity contribution is 7.99. The zero-order valence-electron chi connectivity index (χ0n) is 14.3. The number of likely N-dealkylation sites (tertiary alicyclic amines) is 1. The van der Waals surface area contributed by atoms with Gasteiger partial charge in [0.25, 0.3) is 0 Å². The first-order valence-corrected chi connectivity index (χ1v) is 10.7. The predicted octanol–water partition coefficient (Wildman–Crippen LogP) is 3.98. The summed E-state index contributed by atoms with van der Waals surface area (Å²) in [6.45, 7) is 3.58. The Morgan fingerprint density at radius 1 is 1.12 bits per heavy atom. The van der Waals surface area contributed by atoms with Gasteiger partial charge in [-0.25, -0.2) is 4.79 Å². The molecule has 1 aliphatic rings. The van der Waals surface area contributed by atoms with Crippen LogP contribution in [0.1, 0.15) is 23.8 Å². The number of nitrogens with one attached hydrogen (secondary N) is 2. The van der Waals surface area contributed by atoms with Crippen molar-refractivity contribution in [3.63, 3.8) is 0 Å². The van der Waals surface area contributed by atoms with E-state index in [1.54, 1.807) is 23.1 Å². The predicted molar refractivity (Wildman–Crippen MR) is 106 cm³/mol. The smallest absolute Gasteiger partial charge is 0.314 e. The van der Waals surface area contributed by atoms with Gasteiger partial charge in [0.15, 0.2) is 0 Å². The average Bonchev–Trinajstić information content (AvgIpc) is 3.34. The maximum absolute atomic E-state index is 12.1. The Morgan fingerprint density at radius 2 is 1.92 bits per heavy atom. The van der Waals surface area contributed by atoms with Crippen molar-refractivity contribution in [1.82, 2.24) is 15.5 Å². The molecule has 4 nitrogen and oxygen atoms in total. The Kier molecular flexibility index (Phi) is 7.21. The molecule has 134 valence electrons. The molecule has 1 unspecified atom stereocenters. The van der Waals surface area contributed by atoms with Crippen LogP contribution in [0.4, 0.5) is 4.79 Å². The minimum atomic E-state index is -0.0746. The quantitative estimate of drug-likeness (QED) is 0.542. The van der Waals surface area contributed by atoms with Gasteiger partial charge < -0.3 is 10.6 Å². The second kappa shape index (κ2) is 9.85. The number of thioether (sulfide) groups is 1. The lowest BCUT2D eigenvalue weighted by Gasteiger charge is -2.26. The van der Waals surface area contributed by atoms with Gasteiger partial charge in [-0.15, -0.1) is 23.1 Å². The Balaban J connectivity index is 1.39. The molecule has 0 bridgehead atoms. The molecule has 6 heteroatoms. The first-order valence-electron chi connectivity index (χ1n) is 8.80. The summed E-state index contributed by atoms with van der Waals surface area (Å²) >= 11 is 3.53. The molecule has 1 aromatic carbocycles. The van der Waals surface area contributed by atoms with Crippen LogP contribution in [0.3, 0.4) is 0 Å². The van der Waals surface area contributed by atoms with E-state index in [2.05, 4.69) is 45.2 Å². The summed E-state index contributed by atoms with van der Waals surface area (Å²) in [6.07, 6.45) is 2.51. The molecule has 2 N–H and O–H groups in total. The molecule has 3 rings (SSSR count). The molecule has 2 aromatic rings. The van der Waals surface area contributed by atoms with E-state index in [9.17, 15) is 4.79 Å². The van der Waals surface area contributed by atoms with E-state index in [0.717, 1.165) is 18.8 Å². The van der Waals surface area contributed by atoms with Crippen molar-refractivity contribution in [1.29, 1.82) is 0 Å². The van der Waals surface area contributed by atoms with Crippen LogP contribution in [0.2, 0.25) is 0 Å². The largest absolute Gasteiger partial charge is 0.337 e. The summed E-state index contributed by atoms with van der Waals surface area (Å²) in [5, 5.41) is 8.12. The number of nitrogens with zero attached hydrogens (tertiary/aromatic N) is 1. The highest BCUT2D eigenvalue weighted by Crippen LogP contribution is 2.27. The zero-order valence-corrected chi connectivity index (χ0v) is 16.0. The number of thiophene rings is 1. The van der Waals surface area contributed by atoms with Crippen LogP contribution >= 0.6 is 23.1 Å². The van der Waals surface area contributed by atoms with Crippen molar-refractivity contribution in [3.8, 4) is 0 Å². The molecule has 1 fully saturated rings. The highest BCUT2D eigenvalue weighted by Gasteiger charge is 2.24. The van der Waals surface area contributed by atoms with Crippen LogP contribution in [0.25, 0.3) is 0 Å². The molecule has 0 radical (unpaired) electrons. The molecule has 0 saturated carbocycles. The first-order chi connectivity index (χ1) is 12.3. The summed E-state index contributed by atoms with van der Waals surface area (Å²) in [5.74, 6) is 0.873. The van der Waals surface area contributed by atoms with Gasteiger partial charge in [0.05, 0.1) is 6.04 Å².